The highest BCUT2D eigenvalue weighted by Crippen LogP contribution is 2.36. The van der Waals surface area contributed by atoms with Crippen molar-refractivity contribution >= 4 is 0 Å². The smallest absolute Gasteiger partial charge is 0.187 e. The maximum absolute atomic E-state index is 7.26. The molecule has 7 rings (SSSR count). The molecule has 0 saturated carbocycles. The van der Waals surface area contributed by atoms with Crippen LogP contribution in [-0.2, 0) is 75.7 Å². The highest BCUT2D eigenvalue weighted by molar-refractivity contribution is 5.17. The van der Waals surface area contributed by atoms with Gasteiger partial charge in [0.25, 0.3) is 0 Å². The van der Waals surface area contributed by atoms with Gasteiger partial charge in [0.15, 0.2) is 12.6 Å². The van der Waals surface area contributed by atoms with Gasteiger partial charge in [-0.2, -0.15) is 0 Å². The Kier molecular flexibility index (Phi) is 16.0. The number of hydrogen-bond donors (Lipinski definition) is 0. The van der Waals surface area contributed by atoms with Crippen molar-refractivity contribution in [3.8, 4) is 0 Å². The van der Waals surface area contributed by atoms with Gasteiger partial charge in [-0.3, -0.25) is 0 Å². The summed E-state index contributed by atoms with van der Waals surface area (Å²) in [4.78, 5) is 0. The molecular weight excluding hydrogens is 745 g/mol. The van der Waals surface area contributed by atoms with Crippen molar-refractivity contribution in [1.82, 2.24) is 0 Å². The van der Waals surface area contributed by atoms with E-state index in [0.29, 0.717) is 19.8 Å². The molecule has 5 aromatic rings. The second kappa shape index (κ2) is 22.2. The first-order valence-electron chi connectivity index (χ1n) is 20.5. The number of ether oxygens (including phenoxy) is 9. The minimum absolute atomic E-state index is 0.250. The summed E-state index contributed by atoms with van der Waals surface area (Å²) in [6.07, 6.45) is -4.88. The van der Waals surface area contributed by atoms with Gasteiger partial charge in [-0.05, 0) is 41.7 Å². The van der Waals surface area contributed by atoms with E-state index in [1.807, 2.05) is 166 Å². The lowest BCUT2D eigenvalue weighted by Gasteiger charge is -2.49. The maximum atomic E-state index is 7.26. The number of hydrogen-bond acceptors (Lipinski definition) is 9. The third-order valence-electron chi connectivity index (χ3n) is 10.6. The van der Waals surface area contributed by atoms with E-state index in [9.17, 15) is 0 Å². The molecule has 2 aliphatic heterocycles. The Hall–Kier alpha value is -4.52. The van der Waals surface area contributed by atoms with Crippen LogP contribution in [0.4, 0.5) is 0 Å². The zero-order chi connectivity index (χ0) is 40.7. The minimum atomic E-state index is -0.938. The zero-order valence-electron chi connectivity index (χ0n) is 33.9. The van der Waals surface area contributed by atoms with E-state index >= 15 is 0 Å². The molecule has 9 nitrogen and oxygen atoms in total. The third kappa shape index (κ3) is 12.0. The van der Waals surface area contributed by atoms with Crippen molar-refractivity contribution in [2.45, 2.75) is 108 Å². The van der Waals surface area contributed by atoms with Crippen molar-refractivity contribution in [1.29, 1.82) is 0 Å². The molecule has 0 radical (unpaired) electrons. The monoisotopic (exact) mass is 800 g/mol. The van der Waals surface area contributed by atoms with Crippen LogP contribution in [0.3, 0.4) is 0 Å². The van der Waals surface area contributed by atoms with Crippen molar-refractivity contribution in [3.05, 3.63) is 192 Å². The molecule has 10 atom stereocenters. The Morgan fingerprint density at radius 1 is 0.390 bits per heavy atom. The summed E-state index contributed by atoms with van der Waals surface area (Å²) in [6, 6.07) is 50.3. The fourth-order valence-corrected chi connectivity index (χ4v) is 7.50. The molecule has 0 unspecified atom stereocenters. The maximum Gasteiger partial charge on any atom is 0.187 e. The minimum Gasteiger partial charge on any atom is -0.368 e. The number of rotatable bonds is 20. The van der Waals surface area contributed by atoms with Gasteiger partial charge in [-0.25, -0.2) is 0 Å². The van der Waals surface area contributed by atoms with Crippen LogP contribution in [0.2, 0.25) is 0 Å². The average molecular weight is 801 g/mol. The van der Waals surface area contributed by atoms with Crippen LogP contribution >= 0.6 is 0 Å². The SMILES string of the molecule is C=CCO[C@H]1O[C@H](C)[C@@H](OCc2ccccc2)[C@H](O[C@H]2O[C@H](C)[C@@H](OCc3ccccc3)[C@H](OCc3ccccc3)[C@@H]2OCc2ccccc2)[C@@H]1OCc1ccccc1. The second-order valence-corrected chi connectivity index (χ2v) is 14.9. The van der Waals surface area contributed by atoms with Gasteiger partial charge < -0.3 is 42.6 Å². The van der Waals surface area contributed by atoms with E-state index in [-0.39, 0.29) is 19.8 Å². The van der Waals surface area contributed by atoms with E-state index in [0.717, 1.165) is 27.8 Å². The van der Waals surface area contributed by atoms with Gasteiger partial charge in [-0.1, -0.05) is 158 Å². The van der Waals surface area contributed by atoms with E-state index in [1.54, 1.807) is 6.08 Å². The fourth-order valence-electron chi connectivity index (χ4n) is 7.50. The third-order valence-corrected chi connectivity index (χ3v) is 10.6. The van der Waals surface area contributed by atoms with E-state index in [4.69, 9.17) is 42.6 Å². The van der Waals surface area contributed by atoms with Gasteiger partial charge in [0.1, 0.15) is 36.6 Å². The molecular formula is C50H56O9. The average Bonchev–Trinajstić information content (AvgIpc) is 3.28. The summed E-state index contributed by atoms with van der Waals surface area (Å²) in [5.74, 6) is 0. The summed E-state index contributed by atoms with van der Waals surface area (Å²) in [5.41, 5.74) is 5.08. The van der Waals surface area contributed by atoms with E-state index < -0.39 is 61.4 Å². The molecule has 0 aromatic heterocycles. The lowest BCUT2D eigenvalue weighted by Crippen LogP contribution is -2.65. The van der Waals surface area contributed by atoms with Crippen molar-refractivity contribution in [2.75, 3.05) is 6.61 Å². The number of benzene rings is 5. The Bertz CT molecular complexity index is 1920. The molecule has 0 bridgehead atoms. The lowest BCUT2D eigenvalue weighted by atomic mass is 9.96. The molecule has 2 saturated heterocycles. The first-order valence-corrected chi connectivity index (χ1v) is 20.5. The summed E-state index contributed by atoms with van der Waals surface area (Å²) in [6.45, 7) is 9.71. The first kappa shape index (κ1) is 42.6. The summed E-state index contributed by atoms with van der Waals surface area (Å²) in [7, 11) is 0. The summed E-state index contributed by atoms with van der Waals surface area (Å²) < 4.78 is 61.0. The van der Waals surface area contributed by atoms with Crippen LogP contribution in [-0.4, -0.2) is 68.0 Å². The Labute approximate surface area is 348 Å². The highest BCUT2D eigenvalue weighted by atomic mass is 16.8. The molecule has 5 aromatic carbocycles. The Morgan fingerprint density at radius 2 is 0.695 bits per heavy atom. The Balaban J connectivity index is 1.24. The highest BCUT2D eigenvalue weighted by Gasteiger charge is 2.53. The van der Waals surface area contributed by atoms with Crippen molar-refractivity contribution in [3.63, 3.8) is 0 Å². The predicted molar refractivity (Wildman–Crippen MR) is 225 cm³/mol. The van der Waals surface area contributed by atoms with Crippen molar-refractivity contribution in [2.24, 2.45) is 0 Å². The van der Waals surface area contributed by atoms with Crippen LogP contribution in [0.5, 0.6) is 0 Å². The molecule has 0 amide bonds. The predicted octanol–water partition coefficient (Wildman–Crippen LogP) is 8.99. The van der Waals surface area contributed by atoms with Crippen LogP contribution in [0, 0.1) is 0 Å². The molecule has 0 spiro atoms. The van der Waals surface area contributed by atoms with Gasteiger partial charge in [0.05, 0.1) is 51.8 Å². The second-order valence-electron chi connectivity index (χ2n) is 14.9. The van der Waals surface area contributed by atoms with E-state index in [2.05, 4.69) is 6.58 Å². The normalized spacial score (nSPS) is 26.9. The molecule has 2 heterocycles. The van der Waals surface area contributed by atoms with Gasteiger partial charge in [0, 0.05) is 0 Å². The summed E-state index contributed by atoms with van der Waals surface area (Å²) in [5, 5.41) is 0. The van der Waals surface area contributed by atoms with Crippen LogP contribution in [0.25, 0.3) is 0 Å². The van der Waals surface area contributed by atoms with Crippen molar-refractivity contribution < 1.29 is 42.6 Å². The molecule has 9 heteroatoms. The van der Waals surface area contributed by atoms with Gasteiger partial charge in [0.2, 0.25) is 0 Å². The topological polar surface area (TPSA) is 83.1 Å². The molecule has 59 heavy (non-hydrogen) atoms. The van der Waals surface area contributed by atoms with E-state index in [1.165, 1.54) is 0 Å². The molecule has 0 aliphatic carbocycles. The largest absolute Gasteiger partial charge is 0.368 e. The van der Waals surface area contributed by atoms with Gasteiger partial charge >= 0.3 is 0 Å². The molecule has 0 N–H and O–H groups in total. The fraction of sp³-hybridized carbons (Fsp3) is 0.360. The standard InChI is InChI=1S/C50H56O9/c1-4-30-51-49-48(56-35-42-28-18-9-19-29-42)46(44(37(3)57-49)53-32-39-22-12-6-13-23-39)59-50-47(55-34-41-26-16-8-17-27-41)45(54-33-40-24-14-7-15-25-40)43(36(2)58-50)52-31-38-20-10-5-11-21-38/h4-29,36-37,43-50H,1,30-35H2,2-3H3/t36-,37-,43-,44-,45+,46+,47+,48+,49+,50-/m1/s1. The Morgan fingerprint density at radius 3 is 1.07 bits per heavy atom. The van der Waals surface area contributed by atoms with Crippen LogP contribution < -0.4 is 0 Å². The molecule has 2 fully saturated rings. The quantitative estimate of drug-likeness (QED) is 0.0717. The first-order chi connectivity index (χ1) is 29.1. The summed E-state index contributed by atoms with van der Waals surface area (Å²) >= 11 is 0. The molecule has 2 aliphatic rings. The zero-order valence-corrected chi connectivity index (χ0v) is 33.9. The van der Waals surface area contributed by atoms with Gasteiger partial charge in [-0.15, -0.1) is 6.58 Å². The molecule has 310 valence electrons. The van der Waals surface area contributed by atoms with Crippen LogP contribution in [0.1, 0.15) is 41.7 Å². The van der Waals surface area contributed by atoms with Crippen LogP contribution in [0.15, 0.2) is 164 Å². The lowest BCUT2D eigenvalue weighted by molar-refractivity contribution is -0.372.